The van der Waals surface area contributed by atoms with Gasteiger partial charge in [0, 0.05) is 17.2 Å². The highest BCUT2D eigenvalue weighted by molar-refractivity contribution is 8.13. The molecule has 1 aliphatic heterocycles. The van der Waals surface area contributed by atoms with Crippen molar-refractivity contribution < 1.29 is 18.0 Å². The quantitative estimate of drug-likeness (QED) is 0.630. The zero-order valence-corrected chi connectivity index (χ0v) is 12.0. The van der Waals surface area contributed by atoms with Crippen LogP contribution < -0.4 is 4.90 Å². The first-order chi connectivity index (χ1) is 8.71. The first kappa shape index (κ1) is 14.0. The van der Waals surface area contributed by atoms with Gasteiger partial charge in [0.15, 0.2) is 0 Å². The molecule has 0 atom stereocenters. The summed E-state index contributed by atoms with van der Waals surface area (Å²) in [5.41, 5.74) is 0.528. The lowest BCUT2D eigenvalue weighted by Gasteiger charge is -2.18. The maximum absolute atomic E-state index is 11.9. The molecule has 1 amide bonds. The molecule has 19 heavy (non-hydrogen) atoms. The number of nitrogens with zero attached hydrogens (tertiary/aromatic N) is 1. The number of carbonyl (C=O) groups is 2. The average Bonchev–Trinajstić information content (AvgIpc) is 2.53. The topological polar surface area (TPSA) is 71.5 Å². The van der Waals surface area contributed by atoms with Crippen molar-refractivity contribution in [1.29, 1.82) is 0 Å². The van der Waals surface area contributed by atoms with Crippen molar-refractivity contribution in [3.63, 3.8) is 0 Å². The van der Waals surface area contributed by atoms with Crippen LogP contribution in [0.25, 0.3) is 0 Å². The van der Waals surface area contributed by atoms with Crippen LogP contribution in [0.15, 0.2) is 23.1 Å². The number of fused-ring (bicyclic) bond motifs is 1. The molecular formula is C12H12ClNO4S. The van der Waals surface area contributed by atoms with Gasteiger partial charge in [-0.1, -0.05) is 13.8 Å². The van der Waals surface area contributed by atoms with Crippen LogP contribution in [0.4, 0.5) is 5.69 Å². The van der Waals surface area contributed by atoms with Crippen molar-refractivity contribution in [2.24, 2.45) is 5.92 Å². The molecule has 0 N–H and O–H groups in total. The highest BCUT2D eigenvalue weighted by Crippen LogP contribution is 2.32. The molecule has 0 saturated heterocycles. The maximum Gasteiger partial charge on any atom is 0.299 e. The Balaban J connectivity index is 2.53. The summed E-state index contributed by atoms with van der Waals surface area (Å²) in [5.74, 6) is -1.13. The van der Waals surface area contributed by atoms with Crippen molar-refractivity contribution in [1.82, 2.24) is 0 Å². The number of benzene rings is 1. The summed E-state index contributed by atoms with van der Waals surface area (Å²) in [6, 6.07) is 3.88. The summed E-state index contributed by atoms with van der Waals surface area (Å²) in [6.45, 7) is 4.26. The molecule has 1 heterocycles. The summed E-state index contributed by atoms with van der Waals surface area (Å²) < 4.78 is 22.5. The zero-order chi connectivity index (χ0) is 14.4. The van der Waals surface area contributed by atoms with E-state index in [1.165, 1.54) is 17.0 Å². The Hall–Kier alpha value is -1.40. The molecule has 0 aromatic heterocycles. The van der Waals surface area contributed by atoms with Gasteiger partial charge in [-0.15, -0.1) is 0 Å². The summed E-state index contributed by atoms with van der Waals surface area (Å²) in [5, 5.41) is 0. The Morgan fingerprint density at radius 3 is 2.42 bits per heavy atom. The summed E-state index contributed by atoms with van der Waals surface area (Å²) in [4.78, 5) is 24.9. The maximum atomic E-state index is 11.9. The van der Waals surface area contributed by atoms with Gasteiger partial charge in [-0.3, -0.25) is 9.59 Å². The summed E-state index contributed by atoms with van der Waals surface area (Å²) in [6.07, 6.45) is 0. The molecule has 0 unspecified atom stereocenters. The molecule has 0 bridgehead atoms. The second-order valence-electron chi connectivity index (χ2n) is 4.76. The van der Waals surface area contributed by atoms with Crippen LogP contribution in [0.3, 0.4) is 0 Å². The smallest absolute Gasteiger partial charge is 0.299 e. The van der Waals surface area contributed by atoms with E-state index in [1.54, 1.807) is 0 Å². The van der Waals surface area contributed by atoms with Crippen molar-refractivity contribution in [2.45, 2.75) is 18.7 Å². The number of anilines is 1. The largest absolute Gasteiger partial charge is 0.305 e. The molecule has 0 spiro atoms. The van der Waals surface area contributed by atoms with E-state index in [0.717, 1.165) is 6.07 Å². The van der Waals surface area contributed by atoms with E-state index in [4.69, 9.17) is 10.7 Å². The SMILES string of the molecule is CC(C)CN1C(=O)C(=O)c2cc(S(=O)(=O)Cl)ccc21. The number of amides is 1. The molecule has 7 heteroatoms. The third-order valence-corrected chi connectivity index (χ3v) is 4.12. The normalized spacial score (nSPS) is 15.3. The number of rotatable bonds is 3. The van der Waals surface area contributed by atoms with Crippen LogP contribution >= 0.6 is 10.7 Å². The standard InChI is InChI=1S/C12H12ClNO4S/c1-7(2)6-14-10-4-3-8(19(13,17)18)5-9(10)11(15)12(14)16/h3-5,7H,6H2,1-2H3. The van der Waals surface area contributed by atoms with Gasteiger partial charge in [0.1, 0.15) is 0 Å². The Bertz CT molecular complexity index is 666. The van der Waals surface area contributed by atoms with Gasteiger partial charge in [0.2, 0.25) is 0 Å². The minimum atomic E-state index is -3.92. The molecular weight excluding hydrogens is 290 g/mol. The number of carbonyl (C=O) groups excluding carboxylic acids is 2. The fourth-order valence-corrected chi connectivity index (χ4v) is 2.75. The molecule has 0 radical (unpaired) electrons. The van der Waals surface area contributed by atoms with Crippen molar-refractivity contribution in [2.75, 3.05) is 11.4 Å². The van der Waals surface area contributed by atoms with E-state index in [-0.39, 0.29) is 16.4 Å². The first-order valence-corrected chi connectivity index (χ1v) is 7.97. The van der Waals surface area contributed by atoms with Gasteiger partial charge in [0.25, 0.3) is 20.7 Å². The second kappa shape index (κ2) is 4.61. The highest BCUT2D eigenvalue weighted by atomic mass is 35.7. The Morgan fingerprint density at radius 1 is 1.26 bits per heavy atom. The predicted octanol–water partition coefficient (Wildman–Crippen LogP) is 1.80. The minimum absolute atomic E-state index is 0.0902. The van der Waals surface area contributed by atoms with Crippen LogP contribution in [-0.4, -0.2) is 26.7 Å². The van der Waals surface area contributed by atoms with Crippen LogP contribution in [0.1, 0.15) is 24.2 Å². The fourth-order valence-electron chi connectivity index (χ4n) is 1.98. The first-order valence-electron chi connectivity index (χ1n) is 5.66. The lowest BCUT2D eigenvalue weighted by molar-refractivity contribution is -0.114. The van der Waals surface area contributed by atoms with Gasteiger partial charge < -0.3 is 4.90 Å². The molecule has 0 saturated carbocycles. The molecule has 0 aliphatic carbocycles. The number of Topliss-reactive ketones (excluding diaryl/α,β-unsaturated/α-hetero) is 1. The average molecular weight is 302 g/mol. The van der Waals surface area contributed by atoms with E-state index in [2.05, 4.69) is 0 Å². The van der Waals surface area contributed by atoms with Gasteiger partial charge in [0.05, 0.1) is 16.1 Å². The van der Waals surface area contributed by atoms with Crippen LogP contribution in [0, 0.1) is 5.92 Å². The monoisotopic (exact) mass is 301 g/mol. The molecule has 2 rings (SSSR count). The van der Waals surface area contributed by atoms with Crippen LogP contribution in [0.5, 0.6) is 0 Å². The predicted molar refractivity (Wildman–Crippen MR) is 71.0 cm³/mol. The number of hydrogen-bond donors (Lipinski definition) is 0. The number of hydrogen-bond acceptors (Lipinski definition) is 4. The minimum Gasteiger partial charge on any atom is -0.305 e. The highest BCUT2D eigenvalue weighted by Gasteiger charge is 2.36. The lowest BCUT2D eigenvalue weighted by Crippen LogP contribution is -2.32. The van der Waals surface area contributed by atoms with Gasteiger partial charge >= 0.3 is 0 Å². The third kappa shape index (κ3) is 2.50. The Morgan fingerprint density at radius 2 is 1.89 bits per heavy atom. The lowest BCUT2D eigenvalue weighted by atomic mass is 10.1. The Labute approximate surface area is 115 Å². The Kier molecular flexibility index (Phi) is 3.40. The number of halogens is 1. The van der Waals surface area contributed by atoms with Gasteiger partial charge in [-0.2, -0.15) is 0 Å². The molecule has 1 aromatic carbocycles. The van der Waals surface area contributed by atoms with Crippen molar-refractivity contribution >= 4 is 37.1 Å². The molecule has 0 fully saturated rings. The van der Waals surface area contributed by atoms with E-state index in [9.17, 15) is 18.0 Å². The summed E-state index contributed by atoms with van der Waals surface area (Å²) in [7, 11) is 1.31. The van der Waals surface area contributed by atoms with Crippen LogP contribution in [0.2, 0.25) is 0 Å². The van der Waals surface area contributed by atoms with Gasteiger partial charge in [-0.05, 0) is 24.1 Å². The third-order valence-electron chi connectivity index (χ3n) is 2.77. The van der Waals surface area contributed by atoms with Crippen LogP contribution in [-0.2, 0) is 13.8 Å². The second-order valence-corrected chi connectivity index (χ2v) is 7.32. The fraction of sp³-hybridized carbons (Fsp3) is 0.333. The molecule has 102 valence electrons. The van der Waals surface area contributed by atoms with E-state index in [0.29, 0.717) is 12.2 Å². The van der Waals surface area contributed by atoms with Gasteiger partial charge in [-0.25, -0.2) is 8.42 Å². The molecule has 1 aromatic rings. The zero-order valence-electron chi connectivity index (χ0n) is 10.4. The van der Waals surface area contributed by atoms with E-state index in [1.807, 2.05) is 13.8 Å². The van der Waals surface area contributed by atoms with E-state index >= 15 is 0 Å². The van der Waals surface area contributed by atoms with Crippen molar-refractivity contribution in [3.05, 3.63) is 23.8 Å². The number of ketones is 1. The van der Waals surface area contributed by atoms with E-state index < -0.39 is 20.7 Å². The van der Waals surface area contributed by atoms with Crippen molar-refractivity contribution in [3.8, 4) is 0 Å². The summed E-state index contributed by atoms with van der Waals surface area (Å²) >= 11 is 0. The molecule has 5 nitrogen and oxygen atoms in total. The molecule has 1 aliphatic rings.